The lowest BCUT2D eigenvalue weighted by Crippen LogP contribution is -2.24. The first-order valence-corrected chi connectivity index (χ1v) is 7.63. The molecule has 2 heterocycles. The number of rotatable bonds is 3. The van der Waals surface area contributed by atoms with Gasteiger partial charge in [-0.05, 0) is 29.1 Å². The fourth-order valence-corrected chi connectivity index (χ4v) is 2.81. The molecule has 0 saturated carbocycles. The van der Waals surface area contributed by atoms with E-state index in [0.29, 0.717) is 12.1 Å². The number of hydrogen-bond acceptors (Lipinski definition) is 4. The average molecular weight is 317 g/mol. The number of nitrogens with zero attached hydrogens (tertiary/aromatic N) is 3. The predicted molar refractivity (Wildman–Crippen MR) is 93.4 cm³/mol. The molecule has 0 aliphatic heterocycles. The first kappa shape index (κ1) is 14.4. The Morgan fingerprint density at radius 2 is 1.88 bits per heavy atom. The zero-order chi connectivity index (χ0) is 16.5. The summed E-state index contributed by atoms with van der Waals surface area (Å²) in [4.78, 5) is 17.1. The molecule has 0 amide bonds. The molecule has 0 saturated heterocycles. The van der Waals surface area contributed by atoms with Crippen LogP contribution in [-0.2, 0) is 6.54 Å². The summed E-state index contributed by atoms with van der Waals surface area (Å²) in [6.07, 6.45) is 3.42. The van der Waals surface area contributed by atoms with Crippen molar-refractivity contribution in [3.63, 3.8) is 0 Å². The summed E-state index contributed by atoms with van der Waals surface area (Å²) in [6.45, 7) is 0.424. The number of hydrogen-bond donors (Lipinski definition) is 0. The second-order valence-corrected chi connectivity index (χ2v) is 5.57. The number of benzene rings is 2. The van der Waals surface area contributed by atoms with E-state index in [9.17, 15) is 4.79 Å². The molecule has 2 aromatic heterocycles. The van der Waals surface area contributed by atoms with Crippen molar-refractivity contribution < 1.29 is 4.74 Å². The van der Waals surface area contributed by atoms with E-state index in [1.165, 1.54) is 4.68 Å². The minimum absolute atomic E-state index is 0.193. The van der Waals surface area contributed by atoms with E-state index in [4.69, 9.17) is 4.74 Å². The van der Waals surface area contributed by atoms with Gasteiger partial charge in [-0.3, -0.25) is 4.79 Å². The highest BCUT2D eigenvalue weighted by Crippen LogP contribution is 2.25. The van der Waals surface area contributed by atoms with Crippen LogP contribution in [0.15, 0.2) is 65.7 Å². The van der Waals surface area contributed by atoms with Gasteiger partial charge in [0.15, 0.2) is 0 Å². The van der Waals surface area contributed by atoms with Gasteiger partial charge in [-0.1, -0.05) is 30.3 Å². The van der Waals surface area contributed by atoms with Crippen LogP contribution in [0.3, 0.4) is 0 Å². The molecule has 0 aliphatic rings. The van der Waals surface area contributed by atoms with Gasteiger partial charge in [-0.2, -0.15) is 5.10 Å². The fraction of sp³-hybridized carbons (Fsp3) is 0.105. The largest absolute Gasteiger partial charge is 0.497 e. The van der Waals surface area contributed by atoms with Gasteiger partial charge in [0.25, 0.3) is 5.56 Å². The van der Waals surface area contributed by atoms with E-state index >= 15 is 0 Å². The number of ether oxygens (including phenoxy) is 1. The average Bonchev–Trinajstić information content (AvgIpc) is 2.64. The highest BCUT2D eigenvalue weighted by molar-refractivity contribution is 6.05. The molecule has 0 radical (unpaired) electrons. The molecule has 0 bridgehead atoms. The molecule has 0 aliphatic carbocycles. The lowest BCUT2D eigenvalue weighted by molar-refractivity contribution is 0.415. The van der Waals surface area contributed by atoms with Gasteiger partial charge < -0.3 is 4.74 Å². The molecule has 5 heteroatoms. The topological polar surface area (TPSA) is 57.0 Å². The van der Waals surface area contributed by atoms with Crippen molar-refractivity contribution in [2.45, 2.75) is 6.54 Å². The number of pyridine rings is 1. The Balaban J connectivity index is 1.90. The van der Waals surface area contributed by atoms with Crippen LogP contribution in [-0.4, -0.2) is 21.9 Å². The second kappa shape index (κ2) is 5.77. The number of aromatic nitrogens is 3. The third-order valence-electron chi connectivity index (χ3n) is 4.08. The van der Waals surface area contributed by atoms with Gasteiger partial charge >= 0.3 is 0 Å². The van der Waals surface area contributed by atoms with E-state index < -0.39 is 0 Å². The van der Waals surface area contributed by atoms with E-state index in [-0.39, 0.29) is 5.56 Å². The molecule has 0 N–H and O–H groups in total. The van der Waals surface area contributed by atoms with Crippen LogP contribution in [0.5, 0.6) is 5.75 Å². The Morgan fingerprint density at radius 3 is 2.67 bits per heavy atom. The minimum Gasteiger partial charge on any atom is -0.497 e. The SMILES string of the molecule is COc1ccc2cnc3c(=O)n(Cc4ccccc4)ncc3c2c1. The van der Waals surface area contributed by atoms with E-state index in [1.54, 1.807) is 19.5 Å². The molecule has 0 fully saturated rings. The molecule has 0 spiro atoms. The molecule has 24 heavy (non-hydrogen) atoms. The lowest BCUT2D eigenvalue weighted by atomic mass is 10.1. The van der Waals surface area contributed by atoms with Crippen LogP contribution in [0.2, 0.25) is 0 Å². The molecule has 0 unspecified atom stereocenters. The van der Waals surface area contributed by atoms with Gasteiger partial charge in [0.05, 0.1) is 19.9 Å². The maximum atomic E-state index is 12.7. The lowest BCUT2D eigenvalue weighted by Gasteiger charge is -2.08. The van der Waals surface area contributed by atoms with Gasteiger partial charge in [0, 0.05) is 17.0 Å². The quantitative estimate of drug-likeness (QED) is 0.545. The maximum absolute atomic E-state index is 12.7. The summed E-state index contributed by atoms with van der Waals surface area (Å²) in [6, 6.07) is 15.5. The van der Waals surface area contributed by atoms with E-state index in [2.05, 4.69) is 10.1 Å². The van der Waals surface area contributed by atoms with Crippen LogP contribution >= 0.6 is 0 Å². The van der Waals surface area contributed by atoms with Gasteiger partial charge in [-0.25, -0.2) is 9.67 Å². The van der Waals surface area contributed by atoms with Gasteiger partial charge in [0.2, 0.25) is 0 Å². The van der Waals surface area contributed by atoms with E-state index in [0.717, 1.165) is 27.5 Å². The minimum atomic E-state index is -0.193. The Bertz CT molecular complexity index is 1090. The standard InChI is InChI=1S/C19H15N3O2/c1-24-15-8-7-14-10-20-18-17(16(14)9-15)11-21-22(19(18)23)12-13-5-3-2-4-6-13/h2-11H,12H2,1H3. The summed E-state index contributed by atoms with van der Waals surface area (Å²) in [5, 5.41) is 6.93. The summed E-state index contributed by atoms with van der Waals surface area (Å²) < 4.78 is 6.72. The Kier molecular flexibility index (Phi) is 3.46. The van der Waals surface area contributed by atoms with Crippen LogP contribution in [0.1, 0.15) is 5.56 Å². The zero-order valence-electron chi connectivity index (χ0n) is 13.1. The summed E-state index contributed by atoms with van der Waals surface area (Å²) in [5.74, 6) is 0.739. The van der Waals surface area contributed by atoms with Crippen LogP contribution < -0.4 is 10.3 Å². The summed E-state index contributed by atoms with van der Waals surface area (Å²) in [7, 11) is 1.62. The predicted octanol–water partition coefficient (Wildman–Crippen LogP) is 3.00. The van der Waals surface area contributed by atoms with E-state index in [1.807, 2.05) is 48.5 Å². The summed E-state index contributed by atoms with van der Waals surface area (Å²) in [5.41, 5.74) is 1.25. The first-order valence-electron chi connectivity index (χ1n) is 7.63. The molecule has 4 rings (SSSR count). The Morgan fingerprint density at radius 1 is 1.04 bits per heavy atom. The third-order valence-corrected chi connectivity index (χ3v) is 4.08. The molecular weight excluding hydrogens is 302 g/mol. The van der Waals surface area contributed by atoms with Gasteiger partial charge in [-0.15, -0.1) is 0 Å². The zero-order valence-corrected chi connectivity index (χ0v) is 13.1. The van der Waals surface area contributed by atoms with Crippen molar-refractivity contribution in [3.05, 3.63) is 76.8 Å². The molecule has 5 nitrogen and oxygen atoms in total. The normalized spacial score (nSPS) is 11.0. The Labute approximate surface area is 138 Å². The van der Waals surface area contributed by atoms with Crippen molar-refractivity contribution in [2.75, 3.05) is 7.11 Å². The van der Waals surface area contributed by atoms with Crippen LogP contribution in [0.25, 0.3) is 21.7 Å². The van der Waals surface area contributed by atoms with Crippen molar-refractivity contribution >= 4 is 21.7 Å². The first-order chi connectivity index (χ1) is 11.8. The van der Waals surface area contributed by atoms with Crippen molar-refractivity contribution in [3.8, 4) is 5.75 Å². The summed E-state index contributed by atoms with van der Waals surface area (Å²) >= 11 is 0. The number of methoxy groups -OCH3 is 1. The van der Waals surface area contributed by atoms with Crippen molar-refractivity contribution in [2.24, 2.45) is 0 Å². The second-order valence-electron chi connectivity index (χ2n) is 5.57. The maximum Gasteiger partial charge on any atom is 0.293 e. The van der Waals surface area contributed by atoms with Gasteiger partial charge in [0.1, 0.15) is 11.3 Å². The molecule has 4 aromatic rings. The molecular formula is C19H15N3O2. The molecule has 118 valence electrons. The molecule has 2 aromatic carbocycles. The molecule has 0 atom stereocenters. The van der Waals surface area contributed by atoms with Crippen molar-refractivity contribution in [1.82, 2.24) is 14.8 Å². The van der Waals surface area contributed by atoms with Crippen LogP contribution in [0, 0.1) is 0 Å². The Hall–Kier alpha value is -3.21. The monoisotopic (exact) mass is 317 g/mol. The highest BCUT2D eigenvalue weighted by Gasteiger charge is 2.10. The number of fused-ring (bicyclic) bond motifs is 3. The highest BCUT2D eigenvalue weighted by atomic mass is 16.5. The van der Waals surface area contributed by atoms with Crippen LogP contribution in [0.4, 0.5) is 0 Å². The fourth-order valence-electron chi connectivity index (χ4n) is 2.81. The smallest absolute Gasteiger partial charge is 0.293 e. The van der Waals surface area contributed by atoms with Crippen molar-refractivity contribution in [1.29, 1.82) is 0 Å². The third kappa shape index (κ3) is 2.40.